The highest BCUT2D eigenvalue weighted by atomic mass is 79.9. The summed E-state index contributed by atoms with van der Waals surface area (Å²) in [5.74, 6) is 0.252. The summed E-state index contributed by atoms with van der Waals surface area (Å²) in [7, 11) is 1.69. The molecule has 3 nitrogen and oxygen atoms in total. The van der Waals surface area contributed by atoms with Crippen LogP contribution < -0.4 is 0 Å². The third-order valence-corrected chi connectivity index (χ3v) is 5.97. The van der Waals surface area contributed by atoms with Crippen LogP contribution in [0.3, 0.4) is 0 Å². The van der Waals surface area contributed by atoms with Crippen molar-refractivity contribution in [2.45, 2.75) is 17.2 Å². The zero-order valence-corrected chi connectivity index (χ0v) is 17.2. The lowest BCUT2D eigenvalue weighted by atomic mass is 10.1. The summed E-state index contributed by atoms with van der Waals surface area (Å²) in [6, 6.07) is 12.2. The average molecular weight is 451 g/mol. The molecule has 26 heavy (non-hydrogen) atoms. The van der Waals surface area contributed by atoms with E-state index in [0.29, 0.717) is 16.9 Å². The highest BCUT2D eigenvalue weighted by molar-refractivity contribution is 9.10. The summed E-state index contributed by atoms with van der Waals surface area (Å²) in [6.07, 6.45) is 0. The van der Waals surface area contributed by atoms with E-state index < -0.39 is 0 Å². The Morgan fingerprint density at radius 3 is 2.88 bits per heavy atom. The fourth-order valence-corrected chi connectivity index (χ4v) is 4.45. The van der Waals surface area contributed by atoms with Crippen LogP contribution in [0.25, 0.3) is 0 Å². The maximum atomic E-state index is 14.0. The molecular weight excluding hydrogens is 435 g/mol. The van der Waals surface area contributed by atoms with Gasteiger partial charge in [-0.1, -0.05) is 28.1 Å². The van der Waals surface area contributed by atoms with E-state index in [4.69, 9.17) is 0 Å². The Kier molecular flexibility index (Phi) is 6.45. The number of thiazole rings is 1. The van der Waals surface area contributed by atoms with Gasteiger partial charge in [0, 0.05) is 39.7 Å². The summed E-state index contributed by atoms with van der Waals surface area (Å²) < 4.78 is 14.8. The number of aromatic nitrogens is 1. The molecule has 0 bridgehead atoms. The topological polar surface area (TPSA) is 33.2 Å². The monoisotopic (exact) mass is 450 g/mol. The van der Waals surface area contributed by atoms with Gasteiger partial charge in [-0.15, -0.1) is 23.1 Å². The Hall–Kier alpha value is -1.70. The van der Waals surface area contributed by atoms with Crippen LogP contribution in [-0.2, 0) is 12.3 Å². The Bertz CT molecular complexity index is 902. The normalized spacial score (nSPS) is 10.7. The van der Waals surface area contributed by atoms with Crippen molar-refractivity contribution in [2.75, 3.05) is 7.05 Å². The number of thioether (sulfide) groups is 1. The molecule has 1 aromatic heterocycles. The van der Waals surface area contributed by atoms with Crippen LogP contribution >= 0.6 is 39.0 Å². The fourth-order valence-electron chi connectivity index (χ4n) is 2.43. The number of benzene rings is 2. The molecule has 0 saturated carbocycles. The van der Waals surface area contributed by atoms with Gasteiger partial charge >= 0.3 is 0 Å². The second kappa shape index (κ2) is 8.79. The first-order valence-electron chi connectivity index (χ1n) is 7.83. The maximum Gasteiger partial charge on any atom is 0.255 e. The number of halogens is 2. The van der Waals surface area contributed by atoms with Crippen LogP contribution in [0.2, 0.25) is 0 Å². The number of hydrogen-bond acceptors (Lipinski definition) is 4. The van der Waals surface area contributed by atoms with Crippen molar-refractivity contribution in [1.82, 2.24) is 9.88 Å². The number of carbonyl (C=O) groups is 1. The quantitative estimate of drug-likeness (QED) is 0.457. The van der Waals surface area contributed by atoms with Gasteiger partial charge in [0.25, 0.3) is 5.91 Å². The molecule has 0 aliphatic rings. The summed E-state index contributed by atoms with van der Waals surface area (Å²) in [5, 5.41) is 2.00. The molecule has 0 aliphatic carbocycles. The fraction of sp³-hybridized carbons (Fsp3) is 0.158. The Balaban J connectivity index is 1.75. The van der Waals surface area contributed by atoms with E-state index in [0.717, 1.165) is 15.1 Å². The average Bonchev–Trinajstić information content (AvgIpc) is 3.16. The number of amides is 1. The molecule has 134 valence electrons. The Labute approximate surface area is 168 Å². The van der Waals surface area contributed by atoms with Gasteiger partial charge in [0.15, 0.2) is 0 Å². The zero-order chi connectivity index (χ0) is 18.5. The first kappa shape index (κ1) is 19.1. The van der Waals surface area contributed by atoms with Gasteiger partial charge in [0.05, 0.1) is 16.8 Å². The molecule has 0 spiro atoms. The predicted molar refractivity (Wildman–Crippen MR) is 108 cm³/mol. The van der Waals surface area contributed by atoms with Gasteiger partial charge in [-0.3, -0.25) is 4.79 Å². The van der Waals surface area contributed by atoms with Crippen molar-refractivity contribution in [2.24, 2.45) is 0 Å². The highest BCUT2D eigenvalue weighted by Crippen LogP contribution is 2.27. The van der Waals surface area contributed by atoms with Crippen LogP contribution in [0.4, 0.5) is 4.39 Å². The lowest BCUT2D eigenvalue weighted by molar-refractivity contribution is 0.0780. The van der Waals surface area contributed by atoms with Crippen LogP contribution in [-0.4, -0.2) is 22.8 Å². The molecule has 0 N–H and O–H groups in total. The van der Waals surface area contributed by atoms with Crippen LogP contribution in [0.1, 0.15) is 21.6 Å². The molecule has 0 saturated heterocycles. The largest absolute Gasteiger partial charge is 0.337 e. The van der Waals surface area contributed by atoms with Crippen molar-refractivity contribution in [3.05, 3.63) is 80.5 Å². The lowest BCUT2D eigenvalue weighted by Gasteiger charge is -2.19. The molecule has 0 fully saturated rings. The van der Waals surface area contributed by atoms with E-state index >= 15 is 0 Å². The predicted octanol–water partition coefficient (Wildman–Crippen LogP) is 5.61. The van der Waals surface area contributed by atoms with E-state index in [2.05, 4.69) is 20.9 Å². The van der Waals surface area contributed by atoms with Gasteiger partial charge in [-0.2, -0.15) is 0 Å². The molecule has 3 rings (SSSR count). The number of rotatable bonds is 6. The molecule has 1 heterocycles. The van der Waals surface area contributed by atoms with Crippen molar-refractivity contribution in [3.63, 3.8) is 0 Å². The van der Waals surface area contributed by atoms with Crippen molar-refractivity contribution in [3.8, 4) is 0 Å². The molecular formula is C19H16BrFN2OS2. The van der Waals surface area contributed by atoms with Gasteiger partial charge < -0.3 is 4.90 Å². The van der Waals surface area contributed by atoms with Gasteiger partial charge in [0.1, 0.15) is 5.82 Å². The summed E-state index contributed by atoms with van der Waals surface area (Å²) in [4.78, 5) is 19.6. The zero-order valence-electron chi connectivity index (χ0n) is 14.0. The molecule has 2 aromatic carbocycles. The number of nitrogens with zero attached hydrogens (tertiary/aromatic N) is 2. The highest BCUT2D eigenvalue weighted by Gasteiger charge is 2.17. The Morgan fingerprint density at radius 2 is 2.12 bits per heavy atom. The van der Waals surface area contributed by atoms with Crippen molar-refractivity contribution < 1.29 is 9.18 Å². The standard InChI is InChI=1S/C19H16BrFN2OS2/c1-23(9-13-8-14(20)6-7-17(13)21)19(24)16-4-2-3-5-18(16)26-11-15-10-25-12-22-15/h2-8,10,12H,9,11H2,1H3. The van der Waals surface area contributed by atoms with Crippen molar-refractivity contribution in [1.29, 1.82) is 0 Å². The lowest BCUT2D eigenvalue weighted by Crippen LogP contribution is -2.27. The maximum absolute atomic E-state index is 14.0. The summed E-state index contributed by atoms with van der Waals surface area (Å²) >= 11 is 6.47. The van der Waals surface area contributed by atoms with Crippen molar-refractivity contribution >= 4 is 44.9 Å². The third-order valence-electron chi connectivity index (χ3n) is 3.74. The van der Waals surface area contributed by atoms with Gasteiger partial charge in [-0.25, -0.2) is 9.37 Å². The van der Waals surface area contributed by atoms with E-state index in [9.17, 15) is 9.18 Å². The summed E-state index contributed by atoms with van der Waals surface area (Å²) in [5.41, 5.74) is 3.88. The van der Waals surface area contributed by atoms with Gasteiger partial charge in [0.2, 0.25) is 0 Å². The molecule has 0 aliphatic heterocycles. The van der Waals surface area contributed by atoms with Crippen LogP contribution in [0, 0.1) is 5.82 Å². The number of carbonyl (C=O) groups excluding carboxylic acids is 1. The summed E-state index contributed by atoms with van der Waals surface area (Å²) in [6.45, 7) is 0.204. The van der Waals surface area contributed by atoms with E-state index in [1.807, 2.05) is 23.6 Å². The molecule has 7 heteroatoms. The SMILES string of the molecule is CN(Cc1cc(Br)ccc1F)C(=O)c1ccccc1SCc1cscn1. The van der Waals surface area contributed by atoms with E-state index in [1.54, 1.807) is 53.9 Å². The van der Waals surface area contributed by atoms with Crippen LogP contribution in [0.15, 0.2) is 62.7 Å². The molecule has 0 unspecified atom stereocenters. The minimum atomic E-state index is -0.320. The second-order valence-corrected chi connectivity index (χ2v) is 8.31. The first-order valence-corrected chi connectivity index (χ1v) is 10.5. The minimum Gasteiger partial charge on any atom is -0.337 e. The molecule has 0 atom stereocenters. The third kappa shape index (κ3) is 4.72. The molecule has 0 radical (unpaired) electrons. The second-order valence-electron chi connectivity index (χ2n) is 5.66. The van der Waals surface area contributed by atoms with E-state index in [-0.39, 0.29) is 18.3 Å². The molecule has 1 amide bonds. The molecule has 3 aromatic rings. The first-order chi connectivity index (χ1) is 12.5. The smallest absolute Gasteiger partial charge is 0.255 e. The number of hydrogen-bond donors (Lipinski definition) is 0. The minimum absolute atomic E-state index is 0.134. The van der Waals surface area contributed by atoms with Crippen LogP contribution in [0.5, 0.6) is 0 Å². The Morgan fingerprint density at radius 1 is 1.31 bits per heavy atom. The van der Waals surface area contributed by atoms with Gasteiger partial charge in [-0.05, 0) is 30.3 Å². The van der Waals surface area contributed by atoms with E-state index in [1.165, 1.54) is 11.0 Å².